The second kappa shape index (κ2) is 4.29. The molecule has 0 aliphatic heterocycles. The summed E-state index contributed by atoms with van der Waals surface area (Å²) in [6, 6.07) is 0. The van der Waals surface area contributed by atoms with Crippen molar-refractivity contribution in [1.29, 1.82) is 5.41 Å². The summed E-state index contributed by atoms with van der Waals surface area (Å²) in [5, 5.41) is 7.62. The third kappa shape index (κ3) is 2.68. The van der Waals surface area contributed by atoms with Gasteiger partial charge in [0.15, 0.2) is 0 Å². The van der Waals surface area contributed by atoms with Gasteiger partial charge in [0.1, 0.15) is 0 Å². The summed E-state index contributed by atoms with van der Waals surface area (Å²) in [7, 11) is 4.03. The summed E-state index contributed by atoms with van der Waals surface area (Å²) in [6.45, 7) is 8.16. The van der Waals surface area contributed by atoms with Gasteiger partial charge in [0.25, 0.3) is 0 Å². The van der Waals surface area contributed by atoms with E-state index in [1.54, 1.807) is 0 Å². The molecule has 0 aliphatic rings. The Morgan fingerprint density at radius 1 is 1.17 bits per heavy atom. The Kier molecular flexibility index (Phi) is 4.01. The first-order valence-corrected chi connectivity index (χ1v) is 4.31. The van der Waals surface area contributed by atoms with Crippen LogP contribution in [0.3, 0.4) is 0 Å². The van der Waals surface area contributed by atoms with E-state index < -0.39 is 0 Å². The van der Waals surface area contributed by atoms with Crippen molar-refractivity contribution in [3.63, 3.8) is 0 Å². The van der Waals surface area contributed by atoms with Crippen molar-refractivity contribution in [3.05, 3.63) is 11.3 Å². The lowest BCUT2D eigenvalue weighted by atomic mass is 9.97. The maximum Gasteiger partial charge on any atom is 0.0334 e. The van der Waals surface area contributed by atoms with Gasteiger partial charge in [0.2, 0.25) is 0 Å². The topological polar surface area (TPSA) is 27.1 Å². The Balaban J connectivity index is 4.94. The van der Waals surface area contributed by atoms with Crippen LogP contribution in [0.2, 0.25) is 0 Å². The molecule has 2 heteroatoms. The molecule has 0 spiro atoms. The number of hydrogen-bond acceptors (Lipinski definition) is 2. The maximum absolute atomic E-state index is 7.62. The standard InChI is InChI=1S/C10H20N2/c1-7(2)10(8(3)11)9(4)12(5)6/h7,11H,1-6H3/b10-9-,11-8?. The average Bonchev–Trinajstić information content (AvgIpc) is 1.85. The minimum atomic E-state index is 0.435. The van der Waals surface area contributed by atoms with Crippen LogP contribution in [0.15, 0.2) is 11.3 Å². The Bertz CT molecular complexity index is 200. The summed E-state index contributed by atoms with van der Waals surface area (Å²) in [5.74, 6) is 0.435. The SMILES string of the molecule is CC(=N)/C(=C(/C)N(C)C)C(C)C. The fraction of sp³-hybridized carbons (Fsp3) is 0.700. The van der Waals surface area contributed by atoms with E-state index in [9.17, 15) is 0 Å². The predicted octanol–water partition coefficient (Wildman–Crippen LogP) is 2.52. The molecule has 0 bridgehead atoms. The first-order valence-electron chi connectivity index (χ1n) is 4.31. The highest BCUT2D eigenvalue weighted by Crippen LogP contribution is 2.17. The molecule has 0 unspecified atom stereocenters. The van der Waals surface area contributed by atoms with Gasteiger partial charge >= 0.3 is 0 Å². The zero-order valence-corrected chi connectivity index (χ0v) is 9.02. The molecule has 0 amide bonds. The molecule has 0 aromatic heterocycles. The van der Waals surface area contributed by atoms with E-state index in [1.807, 2.05) is 21.0 Å². The fourth-order valence-electron chi connectivity index (χ4n) is 1.36. The average molecular weight is 168 g/mol. The summed E-state index contributed by atoms with van der Waals surface area (Å²) < 4.78 is 0. The lowest BCUT2D eigenvalue weighted by Gasteiger charge is -2.20. The Morgan fingerprint density at radius 3 is 1.67 bits per heavy atom. The molecule has 0 radical (unpaired) electrons. The van der Waals surface area contributed by atoms with Crippen LogP contribution in [0.25, 0.3) is 0 Å². The highest BCUT2D eigenvalue weighted by atomic mass is 15.1. The summed E-state index contributed by atoms with van der Waals surface area (Å²) in [6.07, 6.45) is 0. The van der Waals surface area contributed by atoms with Crippen molar-refractivity contribution >= 4 is 5.71 Å². The van der Waals surface area contributed by atoms with E-state index >= 15 is 0 Å². The van der Waals surface area contributed by atoms with Crippen molar-refractivity contribution in [2.45, 2.75) is 27.7 Å². The second-order valence-corrected chi connectivity index (χ2v) is 3.67. The number of nitrogens with zero attached hydrogens (tertiary/aromatic N) is 1. The van der Waals surface area contributed by atoms with Gasteiger partial charge in [-0.15, -0.1) is 0 Å². The van der Waals surface area contributed by atoms with Gasteiger partial charge in [-0.2, -0.15) is 0 Å². The Hall–Kier alpha value is -0.790. The minimum absolute atomic E-state index is 0.435. The summed E-state index contributed by atoms with van der Waals surface area (Å²) in [4.78, 5) is 2.06. The van der Waals surface area contributed by atoms with Gasteiger partial charge in [0, 0.05) is 25.5 Å². The molecule has 0 fully saturated rings. The molecule has 0 aliphatic carbocycles. The normalized spacial score (nSPS) is 12.9. The maximum atomic E-state index is 7.62. The number of allylic oxidation sites excluding steroid dienone is 2. The van der Waals surface area contributed by atoms with Gasteiger partial charge in [0.05, 0.1) is 0 Å². The van der Waals surface area contributed by atoms with Crippen LogP contribution in [0.4, 0.5) is 0 Å². The highest BCUT2D eigenvalue weighted by molar-refractivity contribution is 5.96. The van der Waals surface area contributed by atoms with Crippen LogP contribution >= 0.6 is 0 Å². The molecular formula is C10H20N2. The van der Waals surface area contributed by atoms with Crippen LogP contribution in [0, 0.1) is 11.3 Å². The summed E-state index contributed by atoms with van der Waals surface area (Å²) in [5.41, 5.74) is 3.02. The number of rotatable bonds is 3. The third-order valence-corrected chi connectivity index (χ3v) is 2.04. The third-order valence-electron chi connectivity index (χ3n) is 2.04. The van der Waals surface area contributed by atoms with E-state index in [2.05, 4.69) is 25.7 Å². The van der Waals surface area contributed by atoms with Crippen molar-refractivity contribution in [2.75, 3.05) is 14.1 Å². The van der Waals surface area contributed by atoms with Crippen molar-refractivity contribution in [1.82, 2.24) is 4.90 Å². The highest BCUT2D eigenvalue weighted by Gasteiger charge is 2.10. The molecule has 0 aromatic carbocycles. The first-order chi connectivity index (χ1) is 5.37. The second-order valence-electron chi connectivity index (χ2n) is 3.67. The van der Waals surface area contributed by atoms with Gasteiger partial charge in [-0.25, -0.2) is 0 Å². The van der Waals surface area contributed by atoms with E-state index in [0.29, 0.717) is 11.6 Å². The monoisotopic (exact) mass is 168 g/mol. The molecule has 12 heavy (non-hydrogen) atoms. The number of nitrogens with one attached hydrogen (secondary N) is 1. The van der Waals surface area contributed by atoms with Gasteiger partial charge in [-0.05, 0) is 25.3 Å². The van der Waals surface area contributed by atoms with Crippen molar-refractivity contribution in [3.8, 4) is 0 Å². The van der Waals surface area contributed by atoms with Gasteiger partial charge < -0.3 is 10.3 Å². The molecule has 0 saturated heterocycles. The molecule has 1 N–H and O–H groups in total. The minimum Gasteiger partial charge on any atom is -0.381 e. The van der Waals surface area contributed by atoms with E-state index in [-0.39, 0.29) is 0 Å². The van der Waals surface area contributed by atoms with Crippen molar-refractivity contribution in [2.24, 2.45) is 5.92 Å². The van der Waals surface area contributed by atoms with Crippen LogP contribution in [0.1, 0.15) is 27.7 Å². The predicted molar refractivity (Wildman–Crippen MR) is 54.6 cm³/mol. The van der Waals surface area contributed by atoms with Crippen LogP contribution in [0.5, 0.6) is 0 Å². The van der Waals surface area contributed by atoms with Crippen molar-refractivity contribution < 1.29 is 0 Å². The van der Waals surface area contributed by atoms with Gasteiger partial charge in [-0.1, -0.05) is 13.8 Å². The fourth-order valence-corrected chi connectivity index (χ4v) is 1.36. The Labute approximate surface area is 75.8 Å². The molecule has 2 nitrogen and oxygen atoms in total. The van der Waals surface area contributed by atoms with E-state index in [4.69, 9.17) is 5.41 Å². The zero-order valence-electron chi connectivity index (χ0n) is 9.02. The summed E-state index contributed by atoms with van der Waals surface area (Å²) >= 11 is 0. The van der Waals surface area contributed by atoms with Crippen LogP contribution in [-0.2, 0) is 0 Å². The smallest absolute Gasteiger partial charge is 0.0334 e. The lowest BCUT2D eigenvalue weighted by molar-refractivity contribution is 0.501. The molecule has 0 saturated carbocycles. The zero-order chi connectivity index (χ0) is 9.89. The quantitative estimate of drug-likeness (QED) is 0.644. The van der Waals surface area contributed by atoms with Gasteiger partial charge in [-0.3, -0.25) is 0 Å². The van der Waals surface area contributed by atoms with E-state index in [0.717, 1.165) is 5.57 Å². The molecule has 0 heterocycles. The number of hydrogen-bond donors (Lipinski definition) is 1. The molecule has 0 rings (SSSR count). The Morgan fingerprint density at radius 2 is 1.58 bits per heavy atom. The lowest BCUT2D eigenvalue weighted by Crippen LogP contribution is -2.16. The molecule has 70 valence electrons. The van der Waals surface area contributed by atoms with Crippen LogP contribution < -0.4 is 0 Å². The first kappa shape index (κ1) is 11.2. The van der Waals surface area contributed by atoms with E-state index in [1.165, 1.54) is 5.70 Å². The molecule has 0 aromatic rings. The molecule has 0 atom stereocenters. The molecular weight excluding hydrogens is 148 g/mol. The largest absolute Gasteiger partial charge is 0.381 e. The van der Waals surface area contributed by atoms with Crippen LogP contribution in [-0.4, -0.2) is 24.7 Å².